The van der Waals surface area contributed by atoms with E-state index in [1.54, 1.807) is 0 Å². The fourth-order valence-corrected chi connectivity index (χ4v) is 5.39. The van der Waals surface area contributed by atoms with Crippen LogP contribution in [0.15, 0.2) is 37.1 Å². The van der Waals surface area contributed by atoms with Crippen molar-refractivity contribution in [3.63, 3.8) is 0 Å². The Balaban J connectivity index is 1.16. The molecular formula is C24H30N8. The van der Waals surface area contributed by atoms with Crippen LogP contribution >= 0.6 is 0 Å². The monoisotopic (exact) mass is 430 g/mol. The quantitative estimate of drug-likeness (QED) is 0.528. The van der Waals surface area contributed by atoms with Gasteiger partial charge >= 0.3 is 0 Å². The molecule has 1 aliphatic carbocycles. The molecule has 0 unspecified atom stereocenters. The average Bonchev–Trinajstić information content (AvgIpc) is 3.43. The summed E-state index contributed by atoms with van der Waals surface area (Å²) in [5.41, 5.74) is 4.14. The van der Waals surface area contributed by atoms with Crippen molar-refractivity contribution in [2.24, 2.45) is 0 Å². The summed E-state index contributed by atoms with van der Waals surface area (Å²) in [4.78, 5) is 16.2. The molecule has 0 amide bonds. The van der Waals surface area contributed by atoms with Crippen LogP contribution in [0.3, 0.4) is 0 Å². The van der Waals surface area contributed by atoms with Crippen LogP contribution < -0.4 is 5.32 Å². The zero-order valence-corrected chi connectivity index (χ0v) is 18.6. The molecule has 1 saturated heterocycles. The number of nitrogens with zero attached hydrogens (tertiary/aromatic N) is 7. The summed E-state index contributed by atoms with van der Waals surface area (Å²) in [6.07, 6.45) is 18.8. The van der Waals surface area contributed by atoms with Gasteiger partial charge < -0.3 is 10.2 Å². The van der Waals surface area contributed by atoms with Crippen LogP contribution in [0, 0.1) is 6.92 Å². The second-order valence-corrected chi connectivity index (χ2v) is 9.30. The lowest BCUT2D eigenvalue weighted by Crippen LogP contribution is -2.43. The Morgan fingerprint density at radius 1 is 0.938 bits per heavy atom. The van der Waals surface area contributed by atoms with Gasteiger partial charge in [-0.05, 0) is 64.6 Å². The minimum atomic E-state index is 0.458. The van der Waals surface area contributed by atoms with Crippen molar-refractivity contribution in [2.45, 2.75) is 64.0 Å². The Hall–Kier alpha value is -3.00. The first-order valence-corrected chi connectivity index (χ1v) is 11.9. The SMILES string of the molecule is Cc1cnc2ncc(-c3ccn4nc(NC5CCC(N6CCCCC6)CC5)ncc34)cn12. The van der Waals surface area contributed by atoms with Crippen LogP contribution in [0.4, 0.5) is 5.95 Å². The van der Waals surface area contributed by atoms with E-state index in [-0.39, 0.29) is 0 Å². The van der Waals surface area contributed by atoms with E-state index < -0.39 is 0 Å². The molecule has 2 aliphatic rings. The smallest absolute Gasteiger partial charge is 0.241 e. The Bertz CT molecular complexity index is 1230. The zero-order valence-electron chi connectivity index (χ0n) is 18.6. The molecule has 1 saturated carbocycles. The maximum absolute atomic E-state index is 4.74. The first-order chi connectivity index (χ1) is 15.7. The fourth-order valence-electron chi connectivity index (χ4n) is 5.39. The second-order valence-electron chi connectivity index (χ2n) is 9.30. The minimum absolute atomic E-state index is 0.458. The molecule has 0 atom stereocenters. The number of hydrogen-bond donors (Lipinski definition) is 1. The lowest BCUT2D eigenvalue weighted by molar-refractivity contribution is 0.127. The van der Waals surface area contributed by atoms with Crippen molar-refractivity contribution >= 4 is 17.2 Å². The summed E-state index contributed by atoms with van der Waals surface area (Å²) in [7, 11) is 0. The number of aromatic nitrogens is 6. The topological polar surface area (TPSA) is 75.7 Å². The van der Waals surface area contributed by atoms with Crippen molar-refractivity contribution in [3.8, 4) is 11.1 Å². The first kappa shape index (κ1) is 19.7. The Labute approximate surface area is 187 Å². The molecule has 4 aromatic rings. The summed E-state index contributed by atoms with van der Waals surface area (Å²) >= 11 is 0. The Morgan fingerprint density at radius 2 is 1.75 bits per heavy atom. The van der Waals surface area contributed by atoms with Gasteiger partial charge in [0.2, 0.25) is 11.7 Å². The number of imidazole rings is 1. The lowest BCUT2D eigenvalue weighted by Gasteiger charge is -2.39. The van der Waals surface area contributed by atoms with Gasteiger partial charge in [-0.25, -0.2) is 19.5 Å². The number of likely N-dealkylation sites (tertiary alicyclic amines) is 1. The Kier molecular flexibility index (Phi) is 5.02. The highest BCUT2D eigenvalue weighted by atomic mass is 15.3. The molecule has 0 bridgehead atoms. The number of hydrogen-bond acceptors (Lipinski definition) is 6. The highest BCUT2D eigenvalue weighted by molar-refractivity contribution is 5.79. The normalized spacial score (nSPS) is 22.5. The van der Waals surface area contributed by atoms with Crippen molar-refractivity contribution in [1.29, 1.82) is 0 Å². The number of nitrogens with one attached hydrogen (secondary N) is 1. The number of aryl methyl sites for hydroxylation is 1. The molecule has 0 aromatic carbocycles. The van der Waals surface area contributed by atoms with Gasteiger partial charge in [0.05, 0.1) is 17.9 Å². The predicted octanol–water partition coefficient (Wildman–Crippen LogP) is 3.96. The lowest BCUT2D eigenvalue weighted by atomic mass is 9.89. The van der Waals surface area contributed by atoms with Crippen LogP contribution in [-0.4, -0.2) is 59.0 Å². The third-order valence-electron chi connectivity index (χ3n) is 7.21. The second kappa shape index (κ2) is 8.16. The van der Waals surface area contributed by atoms with E-state index in [0.29, 0.717) is 17.8 Å². The van der Waals surface area contributed by atoms with E-state index in [2.05, 4.69) is 37.4 Å². The molecule has 6 rings (SSSR count). The van der Waals surface area contributed by atoms with E-state index in [0.717, 1.165) is 28.4 Å². The third kappa shape index (κ3) is 3.62. The predicted molar refractivity (Wildman–Crippen MR) is 125 cm³/mol. The van der Waals surface area contributed by atoms with Gasteiger partial charge in [-0.2, -0.15) is 0 Å². The molecule has 8 nitrogen and oxygen atoms in total. The summed E-state index contributed by atoms with van der Waals surface area (Å²) in [5.74, 6) is 1.42. The van der Waals surface area contributed by atoms with Crippen molar-refractivity contribution < 1.29 is 0 Å². The highest BCUT2D eigenvalue weighted by Gasteiger charge is 2.27. The van der Waals surface area contributed by atoms with Gasteiger partial charge in [-0.1, -0.05) is 6.42 Å². The minimum Gasteiger partial charge on any atom is -0.350 e. The van der Waals surface area contributed by atoms with E-state index in [1.807, 2.05) is 40.6 Å². The van der Waals surface area contributed by atoms with Gasteiger partial charge in [0.25, 0.3) is 0 Å². The number of piperidine rings is 1. The van der Waals surface area contributed by atoms with E-state index in [9.17, 15) is 0 Å². The standard InChI is InChI=1S/C24H30N8/c1-17-13-26-24-27-14-18(16-31(17)24)21-9-12-32-22(21)15-25-23(29-32)28-19-5-7-20(8-6-19)30-10-3-2-4-11-30/h9,12-16,19-20H,2-8,10-11H2,1H3,(H,28,29). The fraction of sp³-hybridized carbons (Fsp3) is 0.500. The molecule has 166 valence electrons. The highest BCUT2D eigenvalue weighted by Crippen LogP contribution is 2.28. The van der Waals surface area contributed by atoms with Crippen molar-refractivity contribution in [1.82, 2.24) is 33.9 Å². The molecule has 1 N–H and O–H groups in total. The van der Waals surface area contributed by atoms with E-state index in [4.69, 9.17) is 5.10 Å². The molecule has 1 aliphatic heterocycles. The maximum Gasteiger partial charge on any atom is 0.241 e. The Morgan fingerprint density at radius 3 is 2.59 bits per heavy atom. The molecule has 0 spiro atoms. The van der Waals surface area contributed by atoms with Gasteiger partial charge in [0, 0.05) is 47.5 Å². The molecule has 4 aromatic heterocycles. The van der Waals surface area contributed by atoms with Crippen molar-refractivity contribution in [2.75, 3.05) is 18.4 Å². The van der Waals surface area contributed by atoms with E-state index >= 15 is 0 Å². The van der Waals surface area contributed by atoms with Gasteiger partial charge in [-0.15, -0.1) is 5.10 Å². The maximum atomic E-state index is 4.74. The summed E-state index contributed by atoms with van der Waals surface area (Å²) in [6, 6.07) is 3.31. The molecule has 0 radical (unpaired) electrons. The zero-order chi connectivity index (χ0) is 21.5. The molecule has 32 heavy (non-hydrogen) atoms. The van der Waals surface area contributed by atoms with Crippen LogP contribution in [0.2, 0.25) is 0 Å². The third-order valence-corrected chi connectivity index (χ3v) is 7.21. The van der Waals surface area contributed by atoms with E-state index in [1.165, 1.54) is 58.0 Å². The summed E-state index contributed by atoms with van der Waals surface area (Å²) in [5, 5.41) is 8.33. The van der Waals surface area contributed by atoms with Crippen LogP contribution in [0.25, 0.3) is 22.4 Å². The number of fused-ring (bicyclic) bond motifs is 2. The van der Waals surface area contributed by atoms with Gasteiger partial charge in [-0.3, -0.25) is 4.40 Å². The molecule has 2 fully saturated rings. The molecule has 5 heterocycles. The number of rotatable bonds is 4. The van der Waals surface area contributed by atoms with Crippen LogP contribution in [0.5, 0.6) is 0 Å². The largest absolute Gasteiger partial charge is 0.350 e. The number of anilines is 1. The molecule has 8 heteroatoms. The van der Waals surface area contributed by atoms with Crippen LogP contribution in [-0.2, 0) is 0 Å². The van der Waals surface area contributed by atoms with Crippen LogP contribution in [0.1, 0.15) is 50.6 Å². The first-order valence-electron chi connectivity index (χ1n) is 11.9. The molecular weight excluding hydrogens is 400 g/mol. The van der Waals surface area contributed by atoms with Crippen molar-refractivity contribution in [3.05, 3.63) is 42.7 Å². The summed E-state index contributed by atoms with van der Waals surface area (Å²) in [6.45, 7) is 4.62. The van der Waals surface area contributed by atoms with Gasteiger partial charge in [0.1, 0.15) is 0 Å². The average molecular weight is 431 g/mol. The summed E-state index contributed by atoms with van der Waals surface area (Å²) < 4.78 is 3.92. The van der Waals surface area contributed by atoms with Gasteiger partial charge in [0.15, 0.2) is 0 Å².